The Kier molecular flexibility index (Phi) is 7.66. The van der Waals surface area contributed by atoms with E-state index in [-0.39, 0.29) is 0 Å². The number of hydrogen-bond acceptors (Lipinski definition) is 3. The van der Waals surface area contributed by atoms with Crippen LogP contribution in [0, 0.1) is 11.8 Å². The molecule has 1 rings (SSSR count). The fourth-order valence-corrected chi connectivity index (χ4v) is 4.45. The molecular formula is C15H32N2S. The second-order valence-corrected chi connectivity index (χ2v) is 7.54. The van der Waals surface area contributed by atoms with Gasteiger partial charge in [0.2, 0.25) is 0 Å². The lowest BCUT2D eigenvalue weighted by Crippen LogP contribution is -2.43. The number of thioether (sulfide) groups is 1. The molecule has 3 atom stereocenters. The van der Waals surface area contributed by atoms with E-state index in [1.54, 1.807) is 0 Å². The molecule has 0 saturated heterocycles. The smallest absolute Gasteiger partial charge is 0.0204 e. The molecule has 18 heavy (non-hydrogen) atoms. The molecule has 0 spiro atoms. The maximum atomic E-state index is 3.70. The van der Waals surface area contributed by atoms with E-state index in [9.17, 15) is 0 Å². The van der Waals surface area contributed by atoms with Crippen molar-refractivity contribution >= 4 is 11.8 Å². The summed E-state index contributed by atoms with van der Waals surface area (Å²) >= 11 is 2.19. The number of nitrogens with one attached hydrogen (secondary N) is 1. The summed E-state index contributed by atoms with van der Waals surface area (Å²) in [6.07, 6.45) is 4.20. The minimum atomic E-state index is 0.747. The molecule has 0 radical (unpaired) electrons. The number of hydrogen-bond donors (Lipinski definition) is 1. The summed E-state index contributed by atoms with van der Waals surface area (Å²) in [5, 5.41) is 4.52. The predicted octanol–water partition coefficient (Wildman–Crippen LogP) is 3.08. The fourth-order valence-electron chi connectivity index (χ4n) is 2.83. The quantitative estimate of drug-likeness (QED) is 0.767. The fraction of sp³-hybridized carbons (Fsp3) is 1.00. The van der Waals surface area contributed by atoms with Gasteiger partial charge >= 0.3 is 0 Å². The van der Waals surface area contributed by atoms with Gasteiger partial charge in [0, 0.05) is 23.6 Å². The highest BCUT2D eigenvalue weighted by molar-refractivity contribution is 8.00. The lowest BCUT2D eigenvalue weighted by Gasteiger charge is -2.38. The van der Waals surface area contributed by atoms with E-state index in [4.69, 9.17) is 0 Å². The molecular weight excluding hydrogens is 240 g/mol. The first kappa shape index (κ1) is 16.3. The Bertz CT molecular complexity index is 219. The van der Waals surface area contributed by atoms with Crippen molar-refractivity contribution in [2.45, 2.75) is 51.3 Å². The zero-order chi connectivity index (χ0) is 13.5. The standard InChI is InChI=1S/C15H32N2S/c1-6-16-14-8-7-13(12(2)3)11-15(14)18-10-9-17(4)5/h12-16H,6-11H2,1-5H3. The van der Waals surface area contributed by atoms with Crippen molar-refractivity contribution in [3.05, 3.63) is 0 Å². The Morgan fingerprint density at radius 3 is 2.56 bits per heavy atom. The molecule has 108 valence electrons. The van der Waals surface area contributed by atoms with Crippen molar-refractivity contribution in [2.24, 2.45) is 11.8 Å². The topological polar surface area (TPSA) is 15.3 Å². The van der Waals surface area contributed by atoms with Gasteiger partial charge in [-0.25, -0.2) is 0 Å². The van der Waals surface area contributed by atoms with Gasteiger partial charge in [0.1, 0.15) is 0 Å². The second-order valence-electron chi connectivity index (χ2n) is 6.19. The zero-order valence-electron chi connectivity index (χ0n) is 12.9. The van der Waals surface area contributed by atoms with Gasteiger partial charge in [0.05, 0.1) is 0 Å². The van der Waals surface area contributed by atoms with Gasteiger partial charge in [-0.05, 0) is 51.7 Å². The summed E-state index contributed by atoms with van der Waals surface area (Å²) < 4.78 is 0. The molecule has 1 saturated carbocycles. The number of nitrogens with zero attached hydrogens (tertiary/aromatic N) is 1. The van der Waals surface area contributed by atoms with Crippen LogP contribution in [0.2, 0.25) is 0 Å². The van der Waals surface area contributed by atoms with Crippen molar-refractivity contribution in [1.29, 1.82) is 0 Å². The van der Waals surface area contributed by atoms with Gasteiger partial charge in [-0.15, -0.1) is 0 Å². The molecule has 0 heterocycles. The lowest BCUT2D eigenvalue weighted by atomic mass is 9.79. The third kappa shape index (κ3) is 5.50. The Balaban J connectivity index is 2.44. The summed E-state index contributed by atoms with van der Waals surface area (Å²) in [7, 11) is 4.33. The van der Waals surface area contributed by atoms with Gasteiger partial charge < -0.3 is 10.2 Å². The normalized spacial score (nSPS) is 29.2. The zero-order valence-corrected chi connectivity index (χ0v) is 13.7. The molecule has 1 N–H and O–H groups in total. The van der Waals surface area contributed by atoms with E-state index >= 15 is 0 Å². The minimum absolute atomic E-state index is 0.747. The predicted molar refractivity (Wildman–Crippen MR) is 84.4 cm³/mol. The van der Waals surface area contributed by atoms with E-state index in [2.05, 4.69) is 56.8 Å². The first-order valence-electron chi connectivity index (χ1n) is 7.54. The van der Waals surface area contributed by atoms with E-state index in [0.29, 0.717) is 0 Å². The minimum Gasteiger partial charge on any atom is -0.313 e. The van der Waals surface area contributed by atoms with Crippen molar-refractivity contribution in [1.82, 2.24) is 10.2 Å². The van der Waals surface area contributed by atoms with Crippen molar-refractivity contribution in [2.75, 3.05) is 32.9 Å². The average molecular weight is 273 g/mol. The maximum absolute atomic E-state index is 3.70. The maximum Gasteiger partial charge on any atom is 0.0204 e. The summed E-state index contributed by atoms with van der Waals surface area (Å²) in [6, 6.07) is 0.747. The van der Waals surface area contributed by atoms with Crippen molar-refractivity contribution in [3.63, 3.8) is 0 Å². The van der Waals surface area contributed by atoms with Crippen LogP contribution in [0.15, 0.2) is 0 Å². The molecule has 0 aromatic rings. The SMILES string of the molecule is CCNC1CCC(C(C)C)CC1SCCN(C)C. The third-order valence-corrected chi connectivity index (χ3v) is 5.48. The van der Waals surface area contributed by atoms with Gasteiger partial charge in [0.15, 0.2) is 0 Å². The molecule has 2 nitrogen and oxygen atoms in total. The highest BCUT2D eigenvalue weighted by Crippen LogP contribution is 2.36. The largest absolute Gasteiger partial charge is 0.313 e. The van der Waals surface area contributed by atoms with Gasteiger partial charge in [-0.1, -0.05) is 20.8 Å². The molecule has 1 aliphatic carbocycles. The van der Waals surface area contributed by atoms with Crippen LogP contribution in [-0.2, 0) is 0 Å². The van der Waals surface area contributed by atoms with Crippen LogP contribution in [0.1, 0.15) is 40.0 Å². The molecule has 0 aromatic heterocycles. The molecule has 1 fully saturated rings. The summed E-state index contributed by atoms with van der Waals surface area (Å²) in [5.74, 6) is 3.06. The Hall–Kier alpha value is 0.270. The van der Waals surface area contributed by atoms with E-state index < -0.39 is 0 Å². The Morgan fingerprint density at radius 2 is 2.00 bits per heavy atom. The van der Waals surface area contributed by atoms with Crippen LogP contribution in [-0.4, -0.2) is 49.1 Å². The monoisotopic (exact) mass is 272 g/mol. The van der Waals surface area contributed by atoms with Crippen LogP contribution >= 0.6 is 11.8 Å². The van der Waals surface area contributed by atoms with Crippen LogP contribution in [0.5, 0.6) is 0 Å². The van der Waals surface area contributed by atoms with Crippen molar-refractivity contribution < 1.29 is 0 Å². The van der Waals surface area contributed by atoms with Gasteiger partial charge in [-0.2, -0.15) is 11.8 Å². The molecule has 0 aromatic carbocycles. The lowest BCUT2D eigenvalue weighted by molar-refractivity contribution is 0.247. The van der Waals surface area contributed by atoms with Gasteiger partial charge in [0.25, 0.3) is 0 Å². The van der Waals surface area contributed by atoms with Crippen LogP contribution < -0.4 is 5.32 Å². The average Bonchev–Trinajstić information content (AvgIpc) is 2.30. The first-order chi connectivity index (χ1) is 8.54. The van der Waals surface area contributed by atoms with Crippen LogP contribution in [0.3, 0.4) is 0 Å². The van der Waals surface area contributed by atoms with E-state index in [0.717, 1.165) is 29.7 Å². The first-order valence-corrected chi connectivity index (χ1v) is 8.59. The van der Waals surface area contributed by atoms with Crippen LogP contribution in [0.4, 0.5) is 0 Å². The van der Waals surface area contributed by atoms with Crippen LogP contribution in [0.25, 0.3) is 0 Å². The molecule has 0 bridgehead atoms. The highest BCUT2D eigenvalue weighted by atomic mass is 32.2. The highest BCUT2D eigenvalue weighted by Gasteiger charge is 2.31. The van der Waals surface area contributed by atoms with Gasteiger partial charge in [-0.3, -0.25) is 0 Å². The third-order valence-electron chi connectivity index (χ3n) is 4.11. The molecule has 0 amide bonds. The molecule has 3 heteroatoms. The summed E-state index contributed by atoms with van der Waals surface area (Å²) in [6.45, 7) is 9.32. The molecule has 3 unspecified atom stereocenters. The number of rotatable bonds is 7. The Labute approximate surface area is 118 Å². The molecule has 1 aliphatic rings. The van der Waals surface area contributed by atoms with E-state index in [1.807, 2.05) is 0 Å². The Morgan fingerprint density at radius 1 is 1.28 bits per heavy atom. The molecule has 0 aliphatic heterocycles. The van der Waals surface area contributed by atoms with Crippen molar-refractivity contribution in [3.8, 4) is 0 Å². The summed E-state index contributed by atoms with van der Waals surface area (Å²) in [4.78, 5) is 2.29. The summed E-state index contributed by atoms with van der Waals surface area (Å²) in [5.41, 5.74) is 0. The van der Waals surface area contributed by atoms with E-state index in [1.165, 1.54) is 31.6 Å². The second kappa shape index (κ2) is 8.44.